The molecule has 0 radical (unpaired) electrons. The lowest BCUT2D eigenvalue weighted by molar-refractivity contribution is 0.777. The van der Waals surface area contributed by atoms with Crippen molar-refractivity contribution in [2.75, 3.05) is 0 Å². The van der Waals surface area contributed by atoms with Gasteiger partial charge in [0.15, 0.2) is 0 Å². The Hall–Kier alpha value is -2.00. The van der Waals surface area contributed by atoms with Gasteiger partial charge >= 0.3 is 0 Å². The lowest BCUT2D eigenvalue weighted by Crippen LogP contribution is -1.93. The number of rotatable bonds is 5. The van der Waals surface area contributed by atoms with Crippen LogP contribution in [0.3, 0.4) is 0 Å². The summed E-state index contributed by atoms with van der Waals surface area (Å²) >= 11 is 1.66. The molecule has 3 aromatic rings. The molecule has 106 valence electrons. The van der Waals surface area contributed by atoms with Crippen LogP contribution in [-0.2, 0) is 6.42 Å². The quantitative estimate of drug-likeness (QED) is 0.645. The number of pyridine rings is 1. The van der Waals surface area contributed by atoms with E-state index in [-0.39, 0.29) is 0 Å². The van der Waals surface area contributed by atoms with E-state index in [1.54, 1.807) is 11.3 Å². The second-order valence-corrected chi connectivity index (χ2v) is 5.94. The van der Waals surface area contributed by atoms with Gasteiger partial charge in [0.1, 0.15) is 0 Å². The van der Waals surface area contributed by atoms with Crippen LogP contribution in [0.4, 0.5) is 0 Å². The molecule has 0 unspecified atom stereocenters. The molecule has 21 heavy (non-hydrogen) atoms. The lowest BCUT2D eigenvalue weighted by Gasteiger charge is -2.10. The first-order chi connectivity index (χ1) is 10.4. The fourth-order valence-corrected chi connectivity index (χ4v) is 3.04. The van der Waals surface area contributed by atoms with Gasteiger partial charge in [-0.15, -0.1) is 11.3 Å². The first kappa shape index (κ1) is 14.0. The second kappa shape index (κ2) is 6.64. The van der Waals surface area contributed by atoms with Crippen LogP contribution in [0.15, 0.2) is 54.3 Å². The highest BCUT2D eigenvalue weighted by Gasteiger charge is 2.10. The molecule has 3 heteroatoms. The van der Waals surface area contributed by atoms with Gasteiger partial charge in [-0.1, -0.05) is 43.7 Å². The van der Waals surface area contributed by atoms with E-state index in [1.165, 1.54) is 40.1 Å². The molecule has 0 spiro atoms. The molecule has 0 aliphatic heterocycles. The first-order valence-corrected chi connectivity index (χ1v) is 8.19. The highest BCUT2D eigenvalue weighted by molar-refractivity contribution is 7.13. The number of hydrogen-bond acceptors (Lipinski definition) is 3. The van der Waals surface area contributed by atoms with E-state index in [1.807, 2.05) is 17.9 Å². The maximum Gasteiger partial charge on any atom is 0.0797 e. The summed E-state index contributed by atoms with van der Waals surface area (Å²) in [6.45, 7) is 2.21. The van der Waals surface area contributed by atoms with Crippen LogP contribution in [0.5, 0.6) is 0 Å². The Morgan fingerprint density at radius 1 is 1.05 bits per heavy atom. The molecule has 3 rings (SSSR count). The Morgan fingerprint density at radius 2 is 1.90 bits per heavy atom. The van der Waals surface area contributed by atoms with Crippen LogP contribution in [0.25, 0.3) is 21.6 Å². The molecule has 2 heterocycles. The Morgan fingerprint density at radius 3 is 2.62 bits per heavy atom. The molecule has 0 bridgehead atoms. The van der Waals surface area contributed by atoms with Crippen molar-refractivity contribution in [2.24, 2.45) is 0 Å². The van der Waals surface area contributed by atoms with Crippen LogP contribution in [-0.4, -0.2) is 9.97 Å². The van der Waals surface area contributed by atoms with E-state index in [4.69, 9.17) is 0 Å². The number of thiazole rings is 1. The molecule has 0 fully saturated rings. The van der Waals surface area contributed by atoms with Crippen molar-refractivity contribution in [3.63, 3.8) is 0 Å². The van der Waals surface area contributed by atoms with Gasteiger partial charge in [-0.25, -0.2) is 0 Å². The molecule has 1 aromatic carbocycles. The summed E-state index contributed by atoms with van der Waals surface area (Å²) in [6, 6.07) is 12.8. The topological polar surface area (TPSA) is 25.8 Å². The van der Waals surface area contributed by atoms with Crippen LogP contribution in [0.1, 0.15) is 25.5 Å². The molecule has 0 saturated heterocycles. The standard InChI is InChI=1S/C18H18N2S/c1-2-3-9-15-10-16(14-7-5-4-6-8-14)17(11-20-15)18-12-19-13-21-18/h4-8,10-13H,2-3,9H2,1H3. The van der Waals surface area contributed by atoms with Crippen molar-refractivity contribution in [2.45, 2.75) is 26.2 Å². The third-order valence-corrected chi connectivity index (χ3v) is 4.34. The monoisotopic (exact) mass is 294 g/mol. The third kappa shape index (κ3) is 3.19. The molecular formula is C18H18N2S. The zero-order valence-corrected chi connectivity index (χ0v) is 12.9. The predicted molar refractivity (Wildman–Crippen MR) is 89.4 cm³/mol. The minimum Gasteiger partial charge on any atom is -0.261 e. The molecule has 0 aliphatic carbocycles. The van der Waals surface area contributed by atoms with Gasteiger partial charge in [0.2, 0.25) is 0 Å². The van der Waals surface area contributed by atoms with E-state index in [0.717, 1.165) is 6.42 Å². The Bertz CT molecular complexity index is 691. The maximum atomic E-state index is 4.64. The normalized spacial score (nSPS) is 10.7. The van der Waals surface area contributed by atoms with Gasteiger partial charge in [0, 0.05) is 23.7 Å². The second-order valence-electron chi connectivity index (χ2n) is 5.06. The van der Waals surface area contributed by atoms with Crippen molar-refractivity contribution in [1.82, 2.24) is 9.97 Å². The van der Waals surface area contributed by atoms with Crippen LogP contribution < -0.4 is 0 Å². The summed E-state index contributed by atoms with van der Waals surface area (Å²) in [5, 5.41) is 0. The van der Waals surface area contributed by atoms with Crippen molar-refractivity contribution >= 4 is 11.3 Å². The SMILES string of the molecule is CCCCc1cc(-c2ccccc2)c(-c2cncs2)cn1. The van der Waals surface area contributed by atoms with E-state index in [2.05, 4.69) is 53.3 Å². The maximum absolute atomic E-state index is 4.64. The largest absolute Gasteiger partial charge is 0.261 e. The van der Waals surface area contributed by atoms with Gasteiger partial charge in [-0.05, 0) is 30.0 Å². The summed E-state index contributed by atoms with van der Waals surface area (Å²) < 4.78 is 0. The number of benzene rings is 1. The highest BCUT2D eigenvalue weighted by Crippen LogP contribution is 2.34. The van der Waals surface area contributed by atoms with E-state index >= 15 is 0 Å². The summed E-state index contributed by atoms with van der Waals surface area (Å²) in [5.74, 6) is 0. The number of hydrogen-bond donors (Lipinski definition) is 0. The number of aromatic nitrogens is 2. The smallest absolute Gasteiger partial charge is 0.0797 e. The van der Waals surface area contributed by atoms with Gasteiger partial charge in [-0.2, -0.15) is 0 Å². The third-order valence-electron chi connectivity index (χ3n) is 3.53. The highest BCUT2D eigenvalue weighted by atomic mass is 32.1. The average molecular weight is 294 g/mol. The Labute approximate surface area is 129 Å². The van der Waals surface area contributed by atoms with Crippen molar-refractivity contribution < 1.29 is 0 Å². The minimum absolute atomic E-state index is 1.04. The molecule has 2 aromatic heterocycles. The zero-order chi connectivity index (χ0) is 14.5. The van der Waals surface area contributed by atoms with E-state index in [0.29, 0.717) is 0 Å². The van der Waals surface area contributed by atoms with Crippen LogP contribution in [0, 0.1) is 0 Å². The van der Waals surface area contributed by atoms with Crippen LogP contribution >= 0.6 is 11.3 Å². The molecule has 0 aliphatic rings. The van der Waals surface area contributed by atoms with Gasteiger partial charge in [-0.3, -0.25) is 9.97 Å². The minimum atomic E-state index is 1.04. The van der Waals surface area contributed by atoms with Crippen molar-refractivity contribution in [3.05, 3.63) is 60.0 Å². The van der Waals surface area contributed by atoms with Gasteiger partial charge < -0.3 is 0 Å². The van der Waals surface area contributed by atoms with Crippen molar-refractivity contribution in [3.8, 4) is 21.6 Å². The van der Waals surface area contributed by atoms with Gasteiger partial charge in [0.25, 0.3) is 0 Å². The van der Waals surface area contributed by atoms with E-state index < -0.39 is 0 Å². The summed E-state index contributed by atoms with van der Waals surface area (Å²) in [5.41, 5.74) is 6.70. The number of aryl methyl sites for hydroxylation is 1. The molecule has 0 amide bonds. The first-order valence-electron chi connectivity index (χ1n) is 7.31. The number of unbranched alkanes of at least 4 members (excludes halogenated alkanes) is 1. The zero-order valence-electron chi connectivity index (χ0n) is 12.1. The predicted octanol–water partition coefficient (Wildman–Crippen LogP) is 5.21. The molecule has 2 nitrogen and oxygen atoms in total. The van der Waals surface area contributed by atoms with Gasteiger partial charge in [0.05, 0.1) is 10.4 Å². The molecule has 0 atom stereocenters. The lowest BCUT2D eigenvalue weighted by atomic mass is 9.99. The Kier molecular flexibility index (Phi) is 4.41. The average Bonchev–Trinajstić information content (AvgIpc) is 3.08. The van der Waals surface area contributed by atoms with Crippen LogP contribution in [0.2, 0.25) is 0 Å². The summed E-state index contributed by atoms with van der Waals surface area (Å²) in [4.78, 5) is 10.0. The molecule has 0 saturated carbocycles. The molecule has 0 N–H and O–H groups in total. The fraction of sp³-hybridized carbons (Fsp3) is 0.222. The summed E-state index contributed by atoms with van der Waals surface area (Å²) in [6.07, 6.45) is 7.33. The fourth-order valence-electron chi connectivity index (χ4n) is 2.39. The number of nitrogens with zero attached hydrogens (tertiary/aromatic N) is 2. The van der Waals surface area contributed by atoms with Crippen molar-refractivity contribution in [1.29, 1.82) is 0 Å². The van der Waals surface area contributed by atoms with E-state index in [9.17, 15) is 0 Å². The Balaban J connectivity index is 2.08. The summed E-state index contributed by atoms with van der Waals surface area (Å²) in [7, 11) is 0. The molecular weight excluding hydrogens is 276 g/mol.